The van der Waals surface area contributed by atoms with Gasteiger partial charge in [-0.1, -0.05) is 24.3 Å². The molecule has 1 aromatic rings. The fraction of sp³-hybridized carbons (Fsp3) is 0.438. The number of carbonyl (C=O) groups is 3. The molecular formula is C16H20N4O4. The Hall–Kier alpha value is -2.61. The SMILES string of the molecule is O=C1NCC(C(=O)NC(CO)C(=O)N2CCc3ccccc3C2)N1. The molecule has 0 spiro atoms. The lowest BCUT2D eigenvalue weighted by molar-refractivity contribution is -0.138. The van der Waals surface area contributed by atoms with Gasteiger partial charge in [-0.3, -0.25) is 9.59 Å². The number of amides is 4. The highest BCUT2D eigenvalue weighted by molar-refractivity contribution is 5.93. The van der Waals surface area contributed by atoms with Gasteiger partial charge in [-0.05, 0) is 17.5 Å². The zero-order valence-electron chi connectivity index (χ0n) is 13.1. The van der Waals surface area contributed by atoms with E-state index in [1.165, 1.54) is 5.56 Å². The van der Waals surface area contributed by atoms with Gasteiger partial charge < -0.3 is 26.0 Å². The van der Waals surface area contributed by atoms with Crippen molar-refractivity contribution in [2.75, 3.05) is 19.7 Å². The van der Waals surface area contributed by atoms with Gasteiger partial charge in [-0.2, -0.15) is 0 Å². The third-order valence-corrected chi connectivity index (χ3v) is 4.33. The van der Waals surface area contributed by atoms with Gasteiger partial charge in [0.05, 0.1) is 6.61 Å². The highest BCUT2D eigenvalue weighted by atomic mass is 16.3. The lowest BCUT2D eigenvalue weighted by Crippen LogP contribution is -2.55. The molecule has 0 aromatic heterocycles. The Balaban J connectivity index is 1.62. The van der Waals surface area contributed by atoms with E-state index in [2.05, 4.69) is 16.0 Å². The van der Waals surface area contributed by atoms with Crippen molar-refractivity contribution in [1.29, 1.82) is 0 Å². The summed E-state index contributed by atoms with van der Waals surface area (Å²) in [5.74, 6) is -0.809. The van der Waals surface area contributed by atoms with Crippen LogP contribution in [0.1, 0.15) is 11.1 Å². The van der Waals surface area contributed by atoms with Crippen molar-refractivity contribution in [1.82, 2.24) is 20.9 Å². The highest BCUT2D eigenvalue weighted by Crippen LogP contribution is 2.19. The fourth-order valence-corrected chi connectivity index (χ4v) is 2.98. The van der Waals surface area contributed by atoms with E-state index in [1.54, 1.807) is 4.90 Å². The Morgan fingerprint density at radius 3 is 2.75 bits per heavy atom. The molecule has 8 nitrogen and oxygen atoms in total. The Labute approximate surface area is 139 Å². The second kappa shape index (κ2) is 6.88. The summed E-state index contributed by atoms with van der Waals surface area (Å²) in [5.41, 5.74) is 2.29. The number of nitrogens with zero attached hydrogens (tertiary/aromatic N) is 1. The molecule has 0 bridgehead atoms. The van der Waals surface area contributed by atoms with Crippen LogP contribution < -0.4 is 16.0 Å². The van der Waals surface area contributed by atoms with Crippen LogP contribution in [0.25, 0.3) is 0 Å². The molecular weight excluding hydrogens is 312 g/mol. The molecule has 8 heteroatoms. The van der Waals surface area contributed by atoms with E-state index in [4.69, 9.17) is 0 Å². The molecule has 2 aliphatic heterocycles. The number of carbonyl (C=O) groups excluding carboxylic acids is 3. The molecule has 0 saturated carbocycles. The summed E-state index contributed by atoms with van der Waals surface area (Å²) in [6, 6.07) is 5.74. The van der Waals surface area contributed by atoms with Gasteiger partial charge in [0.25, 0.3) is 0 Å². The van der Waals surface area contributed by atoms with E-state index in [-0.39, 0.29) is 12.5 Å². The zero-order valence-corrected chi connectivity index (χ0v) is 13.1. The minimum Gasteiger partial charge on any atom is -0.394 e. The van der Waals surface area contributed by atoms with Crippen LogP contribution in [0.5, 0.6) is 0 Å². The Morgan fingerprint density at radius 2 is 2.08 bits per heavy atom. The number of rotatable bonds is 4. The van der Waals surface area contributed by atoms with Crippen molar-refractivity contribution in [3.63, 3.8) is 0 Å². The second-order valence-electron chi connectivity index (χ2n) is 5.93. The van der Waals surface area contributed by atoms with Crippen LogP contribution in [-0.2, 0) is 22.6 Å². The molecule has 2 atom stereocenters. The smallest absolute Gasteiger partial charge is 0.315 e. The minimum atomic E-state index is -1.01. The first-order valence-corrected chi connectivity index (χ1v) is 7.89. The molecule has 1 fully saturated rings. The Morgan fingerprint density at radius 1 is 1.33 bits per heavy atom. The van der Waals surface area contributed by atoms with E-state index in [0.717, 1.165) is 12.0 Å². The second-order valence-corrected chi connectivity index (χ2v) is 5.93. The van der Waals surface area contributed by atoms with Crippen molar-refractivity contribution in [3.8, 4) is 0 Å². The van der Waals surface area contributed by atoms with Crippen LogP contribution >= 0.6 is 0 Å². The van der Waals surface area contributed by atoms with E-state index in [1.807, 2.05) is 24.3 Å². The molecule has 1 aromatic carbocycles. The first-order valence-electron chi connectivity index (χ1n) is 7.89. The molecule has 3 rings (SSSR count). The Kier molecular flexibility index (Phi) is 4.66. The normalized spacial score (nSPS) is 20.6. The van der Waals surface area contributed by atoms with Crippen LogP contribution in [0.4, 0.5) is 4.79 Å². The molecule has 2 heterocycles. The first-order chi connectivity index (χ1) is 11.6. The molecule has 0 radical (unpaired) electrons. The maximum Gasteiger partial charge on any atom is 0.315 e. The quantitative estimate of drug-likeness (QED) is 0.551. The predicted molar refractivity (Wildman–Crippen MR) is 84.9 cm³/mol. The highest BCUT2D eigenvalue weighted by Gasteiger charge is 2.32. The summed E-state index contributed by atoms with van der Waals surface area (Å²) >= 11 is 0. The van der Waals surface area contributed by atoms with Gasteiger partial charge in [0.1, 0.15) is 12.1 Å². The summed E-state index contributed by atoms with van der Waals surface area (Å²) in [4.78, 5) is 37.4. The molecule has 2 aliphatic rings. The molecule has 24 heavy (non-hydrogen) atoms. The summed E-state index contributed by atoms with van der Waals surface area (Å²) < 4.78 is 0. The molecule has 128 valence electrons. The summed E-state index contributed by atoms with van der Waals surface area (Å²) in [5, 5.41) is 16.9. The van der Waals surface area contributed by atoms with Crippen LogP contribution in [-0.4, -0.2) is 59.6 Å². The van der Waals surface area contributed by atoms with Crippen molar-refractivity contribution in [2.24, 2.45) is 0 Å². The number of benzene rings is 1. The van der Waals surface area contributed by atoms with Crippen LogP contribution in [0.3, 0.4) is 0 Å². The lowest BCUT2D eigenvalue weighted by atomic mass is 9.99. The number of aliphatic hydroxyl groups is 1. The number of hydrogen-bond donors (Lipinski definition) is 4. The largest absolute Gasteiger partial charge is 0.394 e. The number of aliphatic hydroxyl groups excluding tert-OH is 1. The van der Waals surface area contributed by atoms with Crippen molar-refractivity contribution >= 4 is 17.8 Å². The maximum atomic E-state index is 12.6. The van der Waals surface area contributed by atoms with Crippen LogP contribution in [0.15, 0.2) is 24.3 Å². The maximum absolute atomic E-state index is 12.6. The van der Waals surface area contributed by atoms with Gasteiger partial charge in [0, 0.05) is 19.6 Å². The van der Waals surface area contributed by atoms with Gasteiger partial charge >= 0.3 is 6.03 Å². The number of nitrogens with one attached hydrogen (secondary N) is 3. The monoisotopic (exact) mass is 332 g/mol. The topological polar surface area (TPSA) is 111 Å². The zero-order chi connectivity index (χ0) is 17.1. The lowest BCUT2D eigenvalue weighted by Gasteiger charge is -2.31. The first kappa shape index (κ1) is 16.3. The van der Waals surface area contributed by atoms with Crippen molar-refractivity contribution in [3.05, 3.63) is 35.4 Å². The third kappa shape index (κ3) is 3.33. The number of urea groups is 1. The van der Waals surface area contributed by atoms with Crippen molar-refractivity contribution < 1.29 is 19.5 Å². The molecule has 2 unspecified atom stereocenters. The van der Waals surface area contributed by atoms with Gasteiger partial charge in [-0.25, -0.2) is 4.79 Å². The van der Waals surface area contributed by atoms with Crippen LogP contribution in [0.2, 0.25) is 0 Å². The molecule has 1 saturated heterocycles. The van der Waals surface area contributed by atoms with Gasteiger partial charge in [-0.15, -0.1) is 0 Å². The summed E-state index contributed by atoms with van der Waals surface area (Å²) in [6.45, 7) is 0.679. The van der Waals surface area contributed by atoms with Gasteiger partial charge in [0.15, 0.2) is 0 Å². The number of hydrogen-bond acceptors (Lipinski definition) is 4. The van der Waals surface area contributed by atoms with E-state index in [0.29, 0.717) is 13.1 Å². The number of fused-ring (bicyclic) bond motifs is 1. The predicted octanol–water partition coefficient (Wildman–Crippen LogP) is -1.27. The standard InChI is InChI=1S/C16H20N4O4/c21-9-13(18-14(22)12-7-17-16(24)19-12)15(23)20-6-5-10-3-1-2-4-11(10)8-20/h1-4,12-13,21H,5-9H2,(H,18,22)(H2,17,19,24). The Bertz CT molecular complexity index is 663. The van der Waals surface area contributed by atoms with E-state index in [9.17, 15) is 19.5 Å². The molecule has 0 aliphatic carbocycles. The average Bonchev–Trinajstić information content (AvgIpc) is 3.05. The molecule has 4 amide bonds. The summed E-state index contributed by atoms with van der Waals surface area (Å²) in [6.07, 6.45) is 0.747. The third-order valence-electron chi connectivity index (χ3n) is 4.33. The van der Waals surface area contributed by atoms with E-state index < -0.39 is 30.6 Å². The summed E-state index contributed by atoms with van der Waals surface area (Å²) in [7, 11) is 0. The fourth-order valence-electron chi connectivity index (χ4n) is 2.98. The minimum absolute atomic E-state index is 0.161. The van der Waals surface area contributed by atoms with Crippen molar-refractivity contribution in [2.45, 2.75) is 25.0 Å². The molecule has 4 N–H and O–H groups in total. The van der Waals surface area contributed by atoms with Crippen LogP contribution in [0, 0.1) is 0 Å². The van der Waals surface area contributed by atoms with Gasteiger partial charge in [0.2, 0.25) is 11.8 Å². The average molecular weight is 332 g/mol. The van der Waals surface area contributed by atoms with E-state index >= 15 is 0 Å².